The van der Waals surface area contributed by atoms with Crippen molar-refractivity contribution in [1.82, 2.24) is 24.9 Å². The van der Waals surface area contributed by atoms with Gasteiger partial charge in [-0.05, 0) is 38.8 Å². The Kier molecular flexibility index (Phi) is 5.16. The van der Waals surface area contributed by atoms with Crippen molar-refractivity contribution in [1.29, 1.82) is 0 Å². The highest BCUT2D eigenvalue weighted by molar-refractivity contribution is 5.84. The summed E-state index contributed by atoms with van der Waals surface area (Å²) >= 11 is 0. The third-order valence-electron chi connectivity index (χ3n) is 6.30. The van der Waals surface area contributed by atoms with Gasteiger partial charge in [0, 0.05) is 61.1 Å². The second-order valence-corrected chi connectivity index (χ2v) is 8.37. The van der Waals surface area contributed by atoms with Crippen LogP contribution in [0.5, 0.6) is 0 Å². The number of rotatable bonds is 4. The number of hydrogen-bond acceptors (Lipinski definition) is 8. The van der Waals surface area contributed by atoms with Crippen LogP contribution in [0.3, 0.4) is 0 Å². The number of amides is 1. The molecule has 1 amide bonds. The van der Waals surface area contributed by atoms with Crippen LogP contribution in [0.2, 0.25) is 0 Å². The average molecular weight is 431 g/mol. The summed E-state index contributed by atoms with van der Waals surface area (Å²) < 4.78 is 0. The topological polar surface area (TPSA) is 114 Å². The molecule has 2 aliphatic heterocycles. The van der Waals surface area contributed by atoms with Crippen LogP contribution >= 0.6 is 0 Å². The summed E-state index contributed by atoms with van der Waals surface area (Å²) in [7, 11) is 0. The number of nitrogens with two attached hydrogens (primary N) is 1. The zero-order chi connectivity index (χ0) is 22.2. The molecule has 3 aromatic heterocycles. The molecule has 2 aliphatic rings. The molecule has 3 aromatic rings. The maximum Gasteiger partial charge on any atom is 0.240 e. The maximum absolute atomic E-state index is 11.9. The van der Waals surface area contributed by atoms with Gasteiger partial charge in [0.05, 0.1) is 11.7 Å². The molecule has 0 saturated carbocycles. The summed E-state index contributed by atoms with van der Waals surface area (Å²) in [6.07, 6.45) is 7.80. The molecular formula is C23H26N8O. The van der Waals surface area contributed by atoms with E-state index < -0.39 is 0 Å². The molecule has 1 saturated heterocycles. The maximum atomic E-state index is 11.9. The first-order chi connectivity index (χ1) is 15.5. The first-order valence-electron chi connectivity index (χ1n) is 11.0. The average Bonchev–Trinajstić information content (AvgIpc) is 3.30. The van der Waals surface area contributed by atoms with Gasteiger partial charge in [0.25, 0.3) is 0 Å². The lowest BCUT2D eigenvalue weighted by molar-refractivity contribution is -0.119. The molecule has 0 aromatic carbocycles. The SMILES string of the molecule is Cc1cc(N2CCCC2C(N)=O)cc(N2CCc3nc(-c4ncccn4)ncc3C2C)n1. The molecule has 2 N–H and O–H groups in total. The molecule has 0 radical (unpaired) electrons. The molecule has 0 bridgehead atoms. The van der Waals surface area contributed by atoms with Gasteiger partial charge in [-0.25, -0.2) is 24.9 Å². The Labute approximate surface area is 186 Å². The molecule has 0 spiro atoms. The second kappa shape index (κ2) is 8.14. The molecule has 164 valence electrons. The summed E-state index contributed by atoms with van der Waals surface area (Å²) in [5.41, 5.74) is 9.66. The van der Waals surface area contributed by atoms with Gasteiger partial charge in [-0.15, -0.1) is 0 Å². The van der Waals surface area contributed by atoms with E-state index in [-0.39, 0.29) is 18.0 Å². The predicted molar refractivity (Wildman–Crippen MR) is 121 cm³/mol. The molecule has 5 rings (SSSR count). The van der Waals surface area contributed by atoms with Gasteiger partial charge in [-0.3, -0.25) is 4.79 Å². The summed E-state index contributed by atoms with van der Waals surface area (Å²) in [4.78, 5) is 38.9. The molecule has 5 heterocycles. The number of anilines is 2. The lowest BCUT2D eigenvalue weighted by Crippen LogP contribution is -2.40. The van der Waals surface area contributed by atoms with E-state index in [0.717, 1.165) is 60.8 Å². The lowest BCUT2D eigenvalue weighted by atomic mass is 9.99. The molecule has 1 fully saturated rings. The van der Waals surface area contributed by atoms with Crippen LogP contribution in [0.1, 0.15) is 42.8 Å². The molecule has 9 nitrogen and oxygen atoms in total. The summed E-state index contributed by atoms with van der Waals surface area (Å²) in [5.74, 6) is 1.70. The van der Waals surface area contributed by atoms with Gasteiger partial charge in [0.2, 0.25) is 5.91 Å². The van der Waals surface area contributed by atoms with Gasteiger partial charge in [-0.1, -0.05) is 0 Å². The largest absolute Gasteiger partial charge is 0.368 e. The molecular weight excluding hydrogens is 404 g/mol. The van der Waals surface area contributed by atoms with Gasteiger partial charge in [-0.2, -0.15) is 0 Å². The van der Waals surface area contributed by atoms with E-state index >= 15 is 0 Å². The predicted octanol–water partition coefficient (Wildman–Crippen LogP) is 2.21. The van der Waals surface area contributed by atoms with E-state index in [9.17, 15) is 4.79 Å². The fourth-order valence-corrected chi connectivity index (χ4v) is 4.72. The molecule has 32 heavy (non-hydrogen) atoms. The first kappa shape index (κ1) is 20.3. The monoisotopic (exact) mass is 430 g/mol. The van der Waals surface area contributed by atoms with E-state index in [1.165, 1.54) is 0 Å². The fourth-order valence-electron chi connectivity index (χ4n) is 4.72. The van der Waals surface area contributed by atoms with Gasteiger partial charge in [0.15, 0.2) is 11.6 Å². The summed E-state index contributed by atoms with van der Waals surface area (Å²) in [6, 6.07) is 5.69. The van der Waals surface area contributed by atoms with Gasteiger partial charge >= 0.3 is 0 Å². The number of primary amides is 1. The van der Waals surface area contributed by atoms with E-state index in [1.54, 1.807) is 18.5 Å². The number of aryl methyl sites for hydroxylation is 1. The Bertz CT molecular complexity index is 1150. The van der Waals surface area contributed by atoms with Gasteiger partial charge < -0.3 is 15.5 Å². The Hall–Kier alpha value is -3.62. The van der Waals surface area contributed by atoms with Crippen molar-refractivity contribution in [2.45, 2.75) is 45.2 Å². The molecule has 2 atom stereocenters. The van der Waals surface area contributed by atoms with Crippen molar-refractivity contribution >= 4 is 17.4 Å². The van der Waals surface area contributed by atoms with Crippen molar-refractivity contribution in [3.8, 4) is 11.6 Å². The minimum absolute atomic E-state index is 0.0668. The highest BCUT2D eigenvalue weighted by Crippen LogP contribution is 2.35. The number of nitrogens with zero attached hydrogens (tertiary/aromatic N) is 7. The Balaban J connectivity index is 1.45. The third-order valence-corrected chi connectivity index (χ3v) is 6.30. The summed E-state index contributed by atoms with van der Waals surface area (Å²) in [6.45, 7) is 5.74. The van der Waals surface area contributed by atoms with Crippen molar-refractivity contribution in [3.05, 3.63) is 53.7 Å². The van der Waals surface area contributed by atoms with E-state index in [4.69, 9.17) is 15.7 Å². The molecule has 2 unspecified atom stereocenters. The standard InChI is InChI=1S/C23H26N8O/c1-14-11-16(31-9-3-5-19(31)21(24)32)12-20(28-14)30-10-6-18-17(15(30)2)13-27-23(29-18)22-25-7-4-8-26-22/h4,7-8,11-13,15,19H,3,5-6,9-10H2,1-2H3,(H2,24,32). The van der Waals surface area contributed by atoms with Crippen LogP contribution in [-0.2, 0) is 11.2 Å². The van der Waals surface area contributed by atoms with Crippen LogP contribution in [0, 0.1) is 6.92 Å². The first-order valence-corrected chi connectivity index (χ1v) is 11.0. The van der Waals surface area contributed by atoms with Crippen molar-refractivity contribution in [2.24, 2.45) is 5.73 Å². The Morgan fingerprint density at radius 2 is 1.88 bits per heavy atom. The van der Waals surface area contributed by atoms with Crippen LogP contribution in [0.15, 0.2) is 36.8 Å². The molecule has 0 aliphatic carbocycles. The number of carbonyl (C=O) groups excluding carboxylic acids is 1. The zero-order valence-electron chi connectivity index (χ0n) is 18.3. The summed E-state index contributed by atoms with van der Waals surface area (Å²) in [5, 5.41) is 0. The lowest BCUT2D eigenvalue weighted by Gasteiger charge is -2.36. The van der Waals surface area contributed by atoms with Crippen LogP contribution in [0.4, 0.5) is 11.5 Å². The number of aromatic nitrogens is 5. The number of pyridine rings is 1. The zero-order valence-corrected chi connectivity index (χ0v) is 18.3. The normalized spacial score (nSPS) is 20.3. The van der Waals surface area contributed by atoms with E-state index in [2.05, 4.69) is 37.7 Å². The minimum atomic E-state index is -0.269. The quantitative estimate of drug-likeness (QED) is 0.670. The van der Waals surface area contributed by atoms with Crippen molar-refractivity contribution in [3.63, 3.8) is 0 Å². The van der Waals surface area contributed by atoms with Crippen molar-refractivity contribution in [2.75, 3.05) is 22.9 Å². The van der Waals surface area contributed by atoms with Crippen molar-refractivity contribution < 1.29 is 4.79 Å². The number of hydrogen-bond donors (Lipinski definition) is 1. The highest BCUT2D eigenvalue weighted by atomic mass is 16.1. The fraction of sp³-hybridized carbons (Fsp3) is 0.391. The van der Waals surface area contributed by atoms with E-state index in [1.807, 2.05) is 19.2 Å². The third kappa shape index (κ3) is 3.63. The Morgan fingerprint density at radius 3 is 2.66 bits per heavy atom. The smallest absolute Gasteiger partial charge is 0.240 e. The van der Waals surface area contributed by atoms with Crippen LogP contribution in [-0.4, -0.2) is 50.0 Å². The Morgan fingerprint density at radius 1 is 1.06 bits per heavy atom. The number of carbonyl (C=O) groups is 1. The van der Waals surface area contributed by atoms with Gasteiger partial charge in [0.1, 0.15) is 11.9 Å². The highest BCUT2D eigenvalue weighted by Gasteiger charge is 2.31. The molecule has 9 heteroatoms. The van der Waals surface area contributed by atoms with E-state index in [0.29, 0.717) is 11.6 Å². The van der Waals surface area contributed by atoms with Crippen LogP contribution in [0.25, 0.3) is 11.6 Å². The second-order valence-electron chi connectivity index (χ2n) is 8.37. The minimum Gasteiger partial charge on any atom is -0.368 e. The van der Waals surface area contributed by atoms with Crippen LogP contribution < -0.4 is 15.5 Å². The number of fused-ring (bicyclic) bond motifs is 1.